The van der Waals surface area contributed by atoms with Crippen LogP contribution in [0, 0.1) is 5.41 Å². The molecule has 4 heteroatoms. The van der Waals surface area contributed by atoms with Crippen molar-refractivity contribution < 1.29 is 9.53 Å². The van der Waals surface area contributed by atoms with Gasteiger partial charge in [0, 0.05) is 32.4 Å². The van der Waals surface area contributed by atoms with Gasteiger partial charge in [0.1, 0.15) is 0 Å². The third kappa shape index (κ3) is 4.53. The van der Waals surface area contributed by atoms with Gasteiger partial charge in [-0.1, -0.05) is 18.2 Å². The number of carbonyl (C=O) groups is 1. The van der Waals surface area contributed by atoms with Crippen LogP contribution in [0.4, 0.5) is 5.69 Å². The summed E-state index contributed by atoms with van der Waals surface area (Å²) in [5.74, 6) is 0.0210. The fourth-order valence-electron chi connectivity index (χ4n) is 1.96. The van der Waals surface area contributed by atoms with E-state index in [0.717, 1.165) is 5.69 Å². The first-order valence-corrected chi connectivity index (χ1v) is 6.93. The average molecular weight is 278 g/mol. The molecule has 0 saturated carbocycles. The second-order valence-electron chi connectivity index (χ2n) is 5.82. The molecule has 0 saturated heterocycles. The summed E-state index contributed by atoms with van der Waals surface area (Å²) in [4.78, 5) is 14.3. The number of para-hydroxylation sites is 1. The number of nitrogens with zero attached hydrogens (tertiary/aromatic N) is 1. The van der Waals surface area contributed by atoms with Gasteiger partial charge in [0.05, 0.1) is 12.0 Å². The van der Waals surface area contributed by atoms with E-state index in [1.807, 2.05) is 39.1 Å². The van der Waals surface area contributed by atoms with Gasteiger partial charge < -0.3 is 15.0 Å². The molecule has 1 aromatic carbocycles. The summed E-state index contributed by atoms with van der Waals surface area (Å²) < 4.78 is 5.08. The number of likely N-dealkylation sites (N-methyl/N-ethyl adjacent to an activating group) is 1. The van der Waals surface area contributed by atoms with E-state index in [1.54, 1.807) is 7.11 Å². The number of benzene rings is 1. The molecule has 0 bridgehead atoms. The third-order valence-corrected chi connectivity index (χ3v) is 3.50. The van der Waals surface area contributed by atoms with Crippen LogP contribution in [0.5, 0.6) is 0 Å². The van der Waals surface area contributed by atoms with Gasteiger partial charge in [0.15, 0.2) is 0 Å². The molecule has 0 aromatic heterocycles. The molecule has 1 atom stereocenters. The normalized spacial score (nSPS) is 12.8. The Labute approximate surface area is 122 Å². The predicted molar refractivity (Wildman–Crippen MR) is 83.0 cm³/mol. The minimum Gasteiger partial charge on any atom is -0.384 e. The molecule has 1 rings (SSSR count). The highest BCUT2D eigenvalue weighted by molar-refractivity contribution is 5.82. The van der Waals surface area contributed by atoms with E-state index in [9.17, 15) is 4.79 Å². The minimum absolute atomic E-state index is 0.0210. The summed E-state index contributed by atoms with van der Waals surface area (Å²) in [7, 11) is 3.65. The lowest BCUT2D eigenvalue weighted by molar-refractivity contribution is -0.131. The number of ether oxygens (including phenoxy) is 1. The number of hydrogen-bond acceptors (Lipinski definition) is 3. The first kappa shape index (κ1) is 16.5. The molecule has 1 aromatic rings. The molecule has 0 fully saturated rings. The van der Waals surface area contributed by atoms with Crippen molar-refractivity contribution in [2.45, 2.75) is 26.8 Å². The van der Waals surface area contributed by atoms with E-state index in [1.165, 1.54) is 0 Å². The molecule has 4 nitrogen and oxygen atoms in total. The van der Waals surface area contributed by atoms with E-state index in [0.29, 0.717) is 13.2 Å². The van der Waals surface area contributed by atoms with Crippen LogP contribution in [0.15, 0.2) is 30.3 Å². The Hall–Kier alpha value is -1.55. The van der Waals surface area contributed by atoms with Crippen molar-refractivity contribution in [2.24, 2.45) is 5.41 Å². The van der Waals surface area contributed by atoms with Crippen molar-refractivity contribution in [3.05, 3.63) is 30.3 Å². The van der Waals surface area contributed by atoms with Crippen LogP contribution in [0.1, 0.15) is 20.8 Å². The van der Waals surface area contributed by atoms with Gasteiger partial charge in [0.25, 0.3) is 0 Å². The smallest absolute Gasteiger partial charge is 0.228 e. The van der Waals surface area contributed by atoms with Gasteiger partial charge in [-0.3, -0.25) is 4.79 Å². The maximum Gasteiger partial charge on any atom is 0.228 e. The van der Waals surface area contributed by atoms with Crippen LogP contribution in [0.25, 0.3) is 0 Å². The average Bonchev–Trinajstić information content (AvgIpc) is 2.44. The second kappa shape index (κ2) is 7.29. The first-order chi connectivity index (χ1) is 9.38. The number of nitrogens with one attached hydrogen (secondary N) is 1. The summed E-state index contributed by atoms with van der Waals surface area (Å²) in [5, 5.41) is 3.00. The Kier molecular flexibility index (Phi) is 6.02. The highest BCUT2D eigenvalue weighted by Gasteiger charge is 2.27. The Morgan fingerprint density at radius 3 is 2.50 bits per heavy atom. The standard InChI is InChI=1S/C16H26N2O2/c1-13(18(4)14-9-7-6-8-10-14)11-17-15(19)16(2,3)12-20-5/h6-10,13H,11-12H2,1-5H3,(H,17,19)/t13-/m0/s1. The largest absolute Gasteiger partial charge is 0.384 e. The van der Waals surface area contributed by atoms with Crippen molar-refractivity contribution in [1.29, 1.82) is 0 Å². The Balaban J connectivity index is 2.51. The van der Waals surface area contributed by atoms with Crippen molar-refractivity contribution in [3.8, 4) is 0 Å². The van der Waals surface area contributed by atoms with E-state index < -0.39 is 5.41 Å². The van der Waals surface area contributed by atoms with Gasteiger partial charge in [0.2, 0.25) is 5.91 Å². The van der Waals surface area contributed by atoms with E-state index >= 15 is 0 Å². The molecule has 112 valence electrons. The van der Waals surface area contributed by atoms with Crippen LogP contribution < -0.4 is 10.2 Å². The maximum atomic E-state index is 12.1. The van der Waals surface area contributed by atoms with Crippen LogP contribution in [0.2, 0.25) is 0 Å². The minimum atomic E-state index is -0.500. The van der Waals surface area contributed by atoms with Gasteiger partial charge in [-0.2, -0.15) is 0 Å². The predicted octanol–water partition coefficient (Wildman–Crippen LogP) is 2.30. The van der Waals surface area contributed by atoms with E-state index in [2.05, 4.69) is 29.3 Å². The molecule has 1 N–H and O–H groups in total. The van der Waals surface area contributed by atoms with E-state index in [-0.39, 0.29) is 11.9 Å². The highest BCUT2D eigenvalue weighted by Crippen LogP contribution is 2.16. The van der Waals surface area contributed by atoms with Gasteiger partial charge >= 0.3 is 0 Å². The number of anilines is 1. The Morgan fingerprint density at radius 2 is 1.95 bits per heavy atom. The van der Waals surface area contributed by atoms with Crippen LogP contribution in [-0.2, 0) is 9.53 Å². The molecular formula is C16H26N2O2. The van der Waals surface area contributed by atoms with Crippen molar-refractivity contribution in [2.75, 3.05) is 32.2 Å². The quantitative estimate of drug-likeness (QED) is 0.832. The summed E-state index contributed by atoms with van der Waals surface area (Å²) in [6, 6.07) is 10.4. The molecule has 0 aliphatic heterocycles. The zero-order chi connectivity index (χ0) is 15.2. The Bertz CT molecular complexity index is 418. The number of amides is 1. The van der Waals surface area contributed by atoms with Crippen LogP contribution >= 0.6 is 0 Å². The molecule has 0 heterocycles. The topological polar surface area (TPSA) is 41.6 Å². The third-order valence-electron chi connectivity index (χ3n) is 3.50. The molecule has 0 unspecified atom stereocenters. The zero-order valence-electron chi connectivity index (χ0n) is 13.1. The van der Waals surface area contributed by atoms with E-state index in [4.69, 9.17) is 4.74 Å². The molecule has 0 aliphatic carbocycles. The van der Waals surface area contributed by atoms with Gasteiger partial charge in [-0.25, -0.2) is 0 Å². The first-order valence-electron chi connectivity index (χ1n) is 6.93. The fraction of sp³-hybridized carbons (Fsp3) is 0.562. The lowest BCUT2D eigenvalue weighted by atomic mass is 9.93. The highest BCUT2D eigenvalue weighted by atomic mass is 16.5. The Morgan fingerprint density at radius 1 is 1.35 bits per heavy atom. The van der Waals surface area contributed by atoms with Gasteiger partial charge in [-0.05, 0) is 32.9 Å². The van der Waals surface area contributed by atoms with Crippen molar-refractivity contribution in [1.82, 2.24) is 5.32 Å². The monoisotopic (exact) mass is 278 g/mol. The summed E-state index contributed by atoms with van der Waals surface area (Å²) in [6.45, 7) is 6.89. The molecule has 20 heavy (non-hydrogen) atoms. The summed E-state index contributed by atoms with van der Waals surface area (Å²) in [6.07, 6.45) is 0. The molecule has 0 spiro atoms. The maximum absolute atomic E-state index is 12.1. The number of hydrogen-bond donors (Lipinski definition) is 1. The lowest BCUT2D eigenvalue weighted by Crippen LogP contribution is -2.46. The SMILES string of the molecule is COCC(C)(C)C(=O)NC[C@H](C)N(C)c1ccccc1. The molecule has 0 radical (unpaired) electrons. The molecule has 0 aliphatic rings. The number of methoxy groups -OCH3 is 1. The lowest BCUT2D eigenvalue weighted by Gasteiger charge is -2.29. The van der Waals surface area contributed by atoms with Crippen LogP contribution in [-0.4, -0.2) is 39.3 Å². The van der Waals surface area contributed by atoms with Crippen molar-refractivity contribution in [3.63, 3.8) is 0 Å². The van der Waals surface area contributed by atoms with Crippen LogP contribution in [0.3, 0.4) is 0 Å². The molecular weight excluding hydrogens is 252 g/mol. The summed E-state index contributed by atoms with van der Waals surface area (Å²) >= 11 is 0. The fourth-order valence-corrected chi connectivity index (χ4v) is 1.96. The van der Waals surface area contributed by atoms with Gasteiger partial charge in [-0.15, -0.1) is 0 Å². The number of carbonyl (C=O) groups excluding carboxylic acids is 1. The summed E-state index contributed by atoms with van der Waals surface area (Å²) in [5.41, 5.74) is 0.644. The zero-order valence-corrected chi connectivity index (χ0v) is 13.1. The van der Waals surface area contributed by atoms with Crippen molar-refractivity contribution >= 4 is 11.6 Å². The molecule has 1 amide bonds. The number of rotatable bonds is 7. The second-order valence-corrected chi connectivity index (χ2v) is 5.82.